The lowest BCUT2D eigenvalue weighted by atomic mass is 10.1. The Labute approximate surface area is 76.0 Å². The predicted molar refractivity (Wildman–Crippen MR) is 45.9 cm³/mol. The van der Waals surface area contributed by atoms with E-state index in [2.05, 4.69) is 0 Å². The van der Waals surface area contributed by atoms with Crippen molar-refractivity contribution in [2.75, 3.05) is 0 Å². The van der Waals surface area contributed by atoms with E-state index in [1.807, 2.05) is 6.07 Å². The van der Waals surface area contributed by atoms with Gasteiger partial charge in [0.15, 0.2) is 11.9 Å². The first-order chi connectivity index (χ1) is 6.25. The van der Waals surface area contributed by atoms with E-state index in [1.54, 1.807) is 19.3 Å². The molecular weight excluding hydrogens is 168 g/mol. The zero-order valence-corrected chi connectivity index (χ0v) is 7.32. The van der Waals surface area contributed by atoms with Crippen LogP contribution in [0.15, 0.2) is 34.6 Å². The van der Waals surface area contributed by atoms with E-state index < -0.39 is 0 Å². The summed E-state index contributed by atoms with van der Waals surface area (Å²) in [6, 6.07) is 3.60. The summed E-state index contributed by atoms with van der Waals surface area (Å²) >= 11 is 0. The monoisotopic (exact) mass is 178 g/mol. The van der Waals surface area contributed by atoms with Crippen LogP contribution in [0, 0.1) is 0 Å². The maximum atomic E-state index is 11.2. The fourth-order valence-electron chi connectivity index (χ4n) is 1.40. The van der Waals surface area contributed by atoms with E-state index in [0.717, 1.165) is 0 Å². The molecule has 1 aromatic heterocycles. The van der Waals surface area contributed by atoms with Crippen molar-refractivity contribution >= 4 is 5.78 Å². The summed E-state index contributed by atoms with van der Waals surface area (Å²) in [4.78, 5) is 11.2. The second kappa shape index (κ2) is 3.09. The average Bonchev–Trinajstić information content (AvgIpc) is 2.53. The van der Waals surface area contributed by atoms with Crippen LogP contribution >= 0.6 is 0 Å². The minimum Gasteiger partial charge on any atom is -0.487 e. The zero-order chi connectivity index (χ0) is 9.26. The van der Waals surface area contributed by atoms with Crippen LogP contribution in [0.1, 0.15) is 25.2 Å². The van der Waals surface area contributed by atoms with Crippen LogP contribution in [0.3, 0.4) is 0 Å². The maximum absolute atomic E-state index is 11.2. The molecular formula is C10H10O3. The summed E-state index contributed by atoms with van der Waals surface area (Å²) in [5, 5.41) is 0. The summed E-state index contributed by atoms with van der Waals surface area (Å²) in [7, 11) is 0. The fraction of sp³-hybridized carbons (Fsp3) is 0.300. The van der Waals surface area contributed by atoms with Gasteiger partial charge in [-0.3, -0.25) is 4.79 Å². The molecule has 1 aliphatic rings. The summed E-state index contributed by atoms with van der Waals surface area (Å²) in [6.07, 6.45) is 3.22. The molecule has 2 heterocycles. The zero-order valence-electron chi connectivity index (χ0n) is 7.32. The predicted octanol–water partition coefficient (Wildman–Crippen LogP) is 2.21. The van der Waals surface area contributed by atoms with Crippen LogP contribution in [0.25, 0.3) is 0 Å². The number of rotatable bonds is 1. The maximum Gasteiger partial charge on any atom is 0.163 e. The molecule has 1 aromatic rings. The highest BCUT2D eigenvalue weighted by molar-refractivity contribution is 5.91. The molecule has 68 valence electrons. The van der Waals surface area contributed by atoms with Crippen molar-refractivity contribution in [1.82, 2.24) is 0 Å². The topological polar surface area (TPSA) is 39.4 Å². The number of hydrogen-bond acceptors (Lipinski definition) is 3. The van der Waals surface area contributed by atoms with Gasteiger partial charge in [0.2, 0.25) is 0 Å². The summed E-state index contributed by atoms with van der Waals surface area (Å²) in [5.41, 5.74) is 0. The Hall–Kier alpha value is -1.51. The quantitative estimate of drug-likeness (QED) is 0.661. The molecule has 0 aromatic carbocycles. The first-order valence-electron chi connectivity index (χ1n) is 4.17. The third-order valence-corrected chi connectivity index (χ3v) is 1.94. The number of ether oxygens (including phenoxy) is 1. The first kappa shape index (κ1) is 8.10. The molecule has 0 amide bonds. The van der Waals surface area contributed by atoms with Crippen LogP contribution in [0.4, 0.5) is 0 Å². The van der Waals surface area contributed by atoms with Crippen molar-refractivity contribution in [2.24, 2.45) is 0 Å². The van der Waals surface area contributed by atoms with Crippen LogP contribution in [0.5, 0.6) is 0 Å². The van der Waals surface area contributed by atoms with Crippen LogP contribution in [-0.2, 0) is 9.53 Å². The summed E-state index contributed by atoms with van der Waals surface area (Å²) in [6.45, 7) is 1.77. The normalized spacial score (nSPS) is 22.4. The minimum absolute atomic E-state index is 0.0881. The Bertz CT molecular complexity index is 335. The average molecular weight is 178 g/mol. The molecule has 13 heavy (non-hydrogen) atoms. The van der Waals surface area contributed by atoms with Crippen molar-refractivity contribution in [3.8, 4) is 0 Å². The Kier molecular flexibility index (Phi) is 1.93. The fourth-order valence-corrected chi connectivity index (χ4v) is 1.40. The molecule has 0 saturated carbocycles. The van der Waals surface area contributed by atoms with Gasteiger partial charge >= 0.3 is 0 Å². The van der Waals surface area contributed by atoms with Gasteiger partial charge in [0, 0.05) is 6.08 Å². The molecule has 0 radical (unpaired) electrons. The third kappa shape index (κ3) is 1.64. The first-order valence-corrected chi connectivity index (χ1v) is 4.17. The highest BCUT2D eigenvalue weighted by Crippen LogP contribution is 2.28. The SMILES string of the molecule is CC1=CC(=O)CC(c2ccco2)O1. The highest BCUT2D eigenvalue weighted by atomic mass is 16.5. The second-order valence-corrected chi connectivity index (χ2v) is 3.05. The number of carbonyl (C=O) groups is 1. The second-order valence-electron chi connectivity index (χ2n) is 3.05. The number of ketones is 1. The van der Waals surface area contributed by atoms with Crippen molar-refractivity contribution in [1.29, 1.82) is 0 Å². The van der Waals surface area contributed by atoms with Gasteiger partial charge in [0.25, 0.3) is 0 Å². The smallest absolute Gasteiger partial charge is 0.163 e. The molecule has 0 N–H and O–H groups in total. The molecule has 1 aliphatic heterocycles. The Balaban J connectivity index is 2.20. The van der Waals surface area contributed by atoms with Crippen molar-refractivity contribution in [2.45, 2.75) is 19.4 Å². The molecule has 0 aliphatic carbocycles. The van der Waals surface area contributed by atoms with E-state index in [1.165, 1.54) is 6.08 Å². The van der Waals surface area contributed by atoms with E-state index in [0.29, 0.717) is 17.9 Å². The molecule has 0 fully saturated rings. The van der Waals surface area contributed by atoms with Crippen molar-refractivity contribution in [3.05, 3.63) is 36.0 Å². The lowest BCUT2D eigenvalue weighted by molar-refractivity contribution is -0.119. The minimum atomic E-state index is -0.243. The molecule has 0 saturated heterocycles. The molecule has 3 heteroatoms. The van der Waals surface area contributed by atoms with Gasteiger partial charge in [-0.25, -0.2) is 0 Å². The Morgan fingerprint density at radius 2 is 2.38 bits per heavy atom. The third-order valence-electron chi connectivity index (χ3n) is 1.94. The lowest BCUT2D eigenvalue weighted by Gasteiger charge is -2.20. The summed E-state index contributed by atoms with van der Waals surface area (Å²) in [5.74, 6) is 1.45. The van der Waals surface area contributed by atoms with Crippen molar-refractivity contribution in [3.63, 3.8) is 0 Å². The van der Waals surface area contributed by atoms with Gasteiger partial charge in [-0.1, -0.05) is 0 Å². The van der Waals surface area contributed by atoms with Crippen molar-refractivity contribution < 1.29 is 13.9 Å². The van der Waals surface area contributed by atoms with E-state index in [4.69, 9.17) is 9.15 Å². The lowest BCUT2D eigenvalue weighted by Crippen LogP contribution is -2.13. The number of hydrogen-bond donors (Lipinski definition) is 0. The van der Waals surface area contributed by atoms with E-state index in [9.17, 15) is 4.79 Å². The van der Waals surface area contributed by atoms with Gasteiger partial charge in [-0.05, 0) is 19.1 Å². The van der Waals surface area contributed by atoms with E-state index in [-0.39, 0.29) is 11.9 Å². The number of allylic oxidation sites excluding steroid dienone is 2. The van der Waals surface area contributed by atoms with Crippen LogP contribution < -0.4 is 0 Å². The molecule has 1 unspecified atom stereocenters. The van der Waals surface area contributed by atoms with E-state index >= 15 is 0 Å². The Morgan fingerprint density at radius 1 is 1.54 bits per heavy atom. The number of carbonyl (C=O) groups excluding carboxylic acids is 1. The Morgan fingerprint density at radius 3 is 3.00 bits per heavy atom. The van der Waals surface area contributed by atoms with Crippen LogP contribution in [0.2, 0.25) is 0 Å². The van der Waals surface area contributed by atoms with Gasteiger partial charge in [0.1, 0.15) is 5.76 Å². The summed E-state index contributed by atoms with van der Waals surface area (Å²) < 4.78 is 10.6. The highest BCUT2D eigenvalue weighted by Gasteiger charge is 2.23. The molecule has 3 nitrogen and oxygen atoms in total. The van der Waals surface area contributed by atoms with Gasteiger partial charge in [-0.15, -0.1) is 0 Å². The number of furan rings is 1. The van der Waals surface area contributed by atoms with Crippen LogP contribution in [-0.4, -0.2) is 5.78 Å². The molecule has 1 atom stereocenters. The van der Waals surface area contributed by atoms with Gasteiger partial charge in [0.05, 0.1) is 18.4 Å². The molecule has 2 rings (SSSR count). The molecule has 0 spiro atoms. The van der Waals surface area contributed by atoms with Gasteiger partial charge in [-0.2, -0.15) is 0 Å². The standard InChI is InChI=1S/C10H10O3/c1-7-5-8(11)6-10(13-7)9-3-2-4-12-9/h2-5,10H,6H2,1H3. The van der Waals surface area contributed by atoms with Gasteiger partial charge < -0.3 is 9.15 Å². The largest absolute Gasteiger partial charge is 0.487 e. The molecule has 0 bridgehead atoms.